The largest absolute Gasteiger partial charge is 0.399 e. The van der Waals surface area contributed by atoms with Crippen LogP contribution in [0.4, 0.5) is 5.69 Å². The summed E-state index contributed by atoms with van der Waals surface area (Å²) in [6.45, 7) is 3.71. The first-order chi connectivity index (χ1) is 10.6. The molecular formula is C18H23N3O. The summed E-state index contributed by atoms with van der Waals surface area (Å²) in [5.74, 6) is 0.00195. The molecule has 0 radical (unpaired) electrons. The molecule has 0 aliphatic rings. The molecule has 2 aromatic carbocycles. The molecule has 4 N–H and O–H groups in total. The zero-order chi connectivity index (χ0) is 15.9. The number of benzene rings is 2. The van der Waals surface area contributed by atoms with E-state index < -0.39 is 0 Å². The van der Waals surface area contributed by atoms with Crippen molar-refractivity contribution >= 4 is 11.6 Å². The van der Waals surface area contributed by atoms with E-state index in [1.54, 1.807) is 6.07 Å². The van der Waals surface area contributed by atoms with Gasteiger partial charge in [-0.15, -0.1) is 0 Å². The van der Waals surface area contributed by atoms with Crippen molar-refractivity contribution in [2.75, 3.05) is 18.8 Å². The molecule has 1 amide bonds. The third-order valence-corrected chi connectivity index (χ3v) is 3.63. The van der Waals surface area contributed by atoms with Crippen molar-refractivity contribution in [3.05, 3.63) is 65.2 Å². The maximum atomic E-state index is 12.9. The van der Waals surface area contributed by atoms with Crippen molar-refractivity contribution in [3.63, 3.8) is 0 Å². The van der Waals surface area contributed by atoms with Gasteiger partial charge in [-0.05, 0) is 43.1 Å². The molecule has 2 aromatic rings. The highest BCUT2D eigenvalue weighted by molar-refractivity contribution is 5.96. The van der Waals surface area contributed by atoms with E-state index in [1.165, 1.54) is 0 Å². The topological polar surface area (TPSA) is 72.4 Å². The van der Waals surface area contributed by atoms with Crippen LogP contribution in [-0.2, 0) is 6.54 Å². The van der Waals surface area contributed by atoms with Gasteiger partial charge in [0.1, 0.15) is 0 Å². The summed E-state index contributed by atoms with van der Waals surface area (Å²) in [6, 6.07) is 15.4. The lowest BCUT2D eigenvalue weighted by atomic mass is 10.1. The summed E-state index contributed by atoms with van der Waals surface area (Å²) < 4.78 is 0. The smallest absolute Gasteiger partial charge is 0.254 e. The quantitative estimate of drug-likeness (QED) is 0.805. The van der Waals surface area contributed by atoms with Crippen LogP contribution in [0.2, 0.25) is 0 Å². The molecule has 0 atom stereocenters. The lowest BCUT2D eigenvalue weighted by Gasteiger charge is -2.24. The van der Waals surface area contributed by atoms with Crippen molar-refractivity contribution in [2.24, 2.45) is 5.73 Å². The molecule has 2 rings (SSSR count). The van der Waals surface area contributed by atoms with E-state index in [0.717, 1.165) is 17.5 Å². The predicted molar refractivity (Wildman–Crippen MR) is 90.4 cm³/mol. The Balaban J connectivity index is 2.24. The Morgan fingerprint density at radius 2 is 1.86 bits per heavy atom. The predicted octanol–water partition coefficient (Wildman–Crippen LogP) is 2.57. The van der Waals surface area contributed by atoms with Crippen LogP contribution in [0.25, 0.3) is 0 Å². The van der Waals surface area contributed by atoms with Crippen molar-refractivity contribution < 1.29 is 4.79 Å². The number of rotatable bonds is 6. The van der Waals surface area contributed by atoms with Crippen LogP contribution in [0, 0.1) is 6.92 Å². The standard InChI is InChI=1S/C18H23N3O/c1-14-8-9-16(20)12-17(14)18(22)21(11-5-10-19)13-15-6-3-2-4-7-15/h2-4,6-9,12H,5,10-11,13,19-20H2,1H3. The Hall–Kier alpha value is -2.33. The number of nitrogen functional groups attached to an aromatic ring is 1. The maximum absolute atomic E-state index is 12.9. The minimum absolute atomic E-state index is 0.00195. The van der Waals surface area contributed by atoms with Crippen LogP contribution in [-0.4, -0.2) is 23.9 Å². The van der Waals surface area contributed by atoms with Gasteiger partial charge >= 0.3 is 0 Å². The number of anilines is 1. The molecule has 0 bridgehead atoms. The number of carbonyl (C=O) groups excluding carboxylic acids is 1. The molecule has 0 saturated carbocycles. The summed E-state index contributed by atoms with van der Waals surface area (Å²) >= 11 is 0. The molecule has 22 heavy (non-hydrogen) atoms. The van der Waals surface area contributed by atoms with E-state index in [2.05, 4.69) is 0 Å². The van der Waals surface area contributed by atoms with E-state index in [9.17, 15) is 4.79 Å². The Kier molecular flexibility index (Phi) is 5.55. The van der Waals surface area contributed by atoms with Gasteiger partial charge in [-0.25, -0.2) is 0 Å². The summed E-state index contributed by atoms with van der Waals surface area (Å²) in [4.78, 5) is 14.7. The zero-order valence-electron chi connectivity index (χ0n) is 13.0. The lowest BCUT2D eigenvalue weighted by Crippen LogP contribution is -2.33. The van der Waals surface area contributed by atoms with Gasteiger partial charge in [0.2, 0.25) is 0 Å². The number of carbonyl (C=O) groups is 1. The number of amides is 1. The van der Waals surface area contributed by atoms with Crippen molar-refractivity contribution in [1.82, 2.24) is 4.90 Å². The number of nitrogens with two attached hydrogens (primary N) is 2. The number of hydrogen-bond acceptors (Lipinski definition) is 3. The fraction of sp³-hybridized carbons (Fsp3) is 0.278. The number of nitrogens with zero attached hydrogens (tertiary/aromatic N) is 1. The van der Waals surface area contributed by atoms with Gasteiger partial charge in [-0.2, -0.15) is 0 Å². The molecule has 4 nitrogen and oxygen atoms in total. The fourth-order valence-electron chi connectivity index (χ4n) is 2.38. The van der Waals surface area contributed by atoms with Gasteiger partial charge in [0.15, 0.2) is 0 Å². The average Bonchev–Trinajstić information content (AvgIpc) is 2.54. The first-order valence-electron chi connectivity index (χ1n) is 7.51. The van der Waals surface area contributed by atoms with Gasteiger partial charge in [0, 0.05) is 24.3 Å². The van der Waals surface area contributed by atoms with Crippen molar-refractivity contribution in [3.8, 4) is 0 Å². The molecule has 0 aliphatic heterocycles. The maximum Gasteiger partial charge on any atom is 0.254 e. The van der Waals surface area contributed by atoms with E-state index >= 15 is 0 Å². The van der Waals surface area contributed by atoms with Crippen LogP contribution in [0.3, 0.4) is 0 Å². The summed E-state index contributed by atoms with van der Waals surface area (Å²) in [6.07, 6.45) is 0.778. The summed E-state index contributed by atoms with van der Waals surface area (Å²) in [7, 11) is 0. The molecule has 0 spiro atoms. The first-order valence-corrected chi connectivity index (χ1v) is 7.51. The van der Waals surface area contributed by atoms with Gasteiger partial charge < -0.3 is 16.4 Å². The monoisotopic (exact) mass is 297 g/mol. The Morgan fingerprint density at radius 1 is 1.14 bits per heavy atom. The summed E-state index contributed by atoms with van der Waals surface area (Å²) in [5, 5.41) is 0. The average molecular weight is 297 g/mol. The van der Waals surface area contributed by atoms with E-state index in [1.807, 2.05) is 54.3 Å². The number of hydrogen-bond donors (Lipinski definition) is 2. The molecule has 0 aliphatic carbocycles. The highest BCUT2D eigenvalue weighted by Crippen LogP contribution is 2.17. The van der Waals surface area contributed by atoms with Gasteiger partial charge in [0.05, 0.1) is 0 Å². The van der Waals surface area contributed by atoms with E-state index in [0.29, 0.717) is 30.9 Å². The second-order valence-corrected chi connectivity index (χ2v) is 5.43. The SMILES string of the molecule is Cc1ccc(N)cc1C(=O)N(CCCN)Cc1ccccc1. The molecule has 4 heteroatoms. The second-order valence-electron chi connectivity index (χ2n) is 5.43. The summed E-state index contributed by atoms with van der Waals surface area (Å²) in [5.41, 5.74) is 14.7. The fourth-order valence-corrected chi connectivity index (χ4v) is 2.38. The molecule has 0 fully saturated rings. The normalized spacial score (nSPS) is 10.5. The van der Waals surface area contributed by atoms with Gasteiger partial charge in [-0.3, -0.25) is 4.79 Å². The van der Waals surface area contributed by atoms with Crippen LogP contribution in [0.5, 0.6) is 0 Å². The van der Waals surface area contributed by atoms with Crippen molar-refractivity contribution in [1.29, 1.82) is 0 Å². The Labute approximate surface area is 131 Å². The molecular weight excluding hydrogens is 274 g/mol. The molecule has 0 aromatic heterocycles. The van der Waals surface area contributed by atoms with Crippen LogP contribution < -0.4 is 11.5 Å². The van der Waals surface area contributed by atoms with Crippen LogP contribution >= 0.6 is 0 Å². The van der Waals surface area contributed by atoms with Gasteiger partial charge in [0.25, 0.3) is 5.91 Å². The first kappa shape index (κ1) is 16.0. The highest BCUT2D eigenvalue weighted by Gasteiger charge is 2.17. The van der Waals surface area contributed by atoms with E-state index in [4.69, 9.17) is 11.5 Å². The zero-order valence-corrected chi connectivity index (χ0v) is 13.0. The second kappa shape index (κ2) is 7.61. The van der Waals surface area contributed by atoms with Crippen molar-refractivity contribution in [2.45, 2.75) is 19.9 Å². The van der Waals surface area contributed by atoms with Gasteiger partial charge in [-0.1, -0.05) is 36.4 Å². The minimum Gasteiger partial charge on any atom is -0.399 e. The minimum atomic E-state index is 0.00195. The lowest BCUT2D eigenvalue weighted by molar-refractivity contribution is 0.0741. The van der Waals surface area contributed by atoms with Crippen LogP contribution in [0.15, 0.2) is 48.5 Å². The van der Waals surface area contributed by atoms with E-state index in [-0.39, 0.29) is 5.91 Å². The Morgan fingerprint density at radius 3 is 2.55 bits per heavy atom. The number of aryl methyl sites for hydroxylation is 1. The molecule has 0 saturated heterocycles. The highest BCUT2D eigenvalue weighted by atomic mass is 16.2. The molecule has 0 heterocycles. The Bertz CT molecular complexity index is 625. The third-order valence-electron chi connectivity index (χ3n) is 3.63. The molecule has 116 valence electrons. The van der Waals surface area contributed by atoms with Crippen LogP contribution in [0.1, 0.15) is 27.9 Å². The third kappa shape index (κ3) is 4.09. The molecule has 0 unspecified atom stereocenters.